The zero-order valence-electron chi connectivity index (χ0n) is 8.12. The lowest BCUT2D eigenvalue weighted by Gasteiger charge is -2.18. The molecule has 0 aromatic heterocycles. The van der Waals surface area contributed by atoms with Crippen molar-refractivity contribution in [3.63, 3.8) is 0 Å². The fraction of sp³-hybridized carbons (Fsp3) is 0.455. The molecule has 0 unspecified atom stereocenters. The molecule has 2 nitrogen and oxygen atoms in total. The SMILES string of the molecule is CC(C)(O)Cc1ccccc1CO. The first-order valence-electron chi connectivity index (χ1n) is 4.43. The van der Waals surface area contributed by atoms with Crippen LogP contribution in [0.3, 0.4) is 0 Å². The lowest BCUT2D eigenvalue weighted by molar-refractivity contribution is 0.0804. The number of aliphatic hydroxyl groups is 2. The summed E-state index contributed by atoms with van der Waals surface area (Å²) in [5.41, 5.74) is 1.19. The van der Waals surface area contributed by atoms with E-state index >= 15 is 0 Å². The second kappa shape index (κ2) is 3.90. The average molecular weight is 180 g/mol. The summed E-state index contributed by atoms with van der Waals surface area (Å²) in [6.07, 6.45) is 0.573. The van der Waals surface area contributed by atoms with Crippen LogP contribution in [0.15, 0.2) is 24.3 Å². The fourth-order valence-electron chi connectivity index (χ4n) is 1.35. The third kappa shape index (κ3) is 3.17. The number of hydrogen-bond donors (Lipinski definition) is 2. The summed E-state index contributed by atoms with van der Waals surface area (Å²) in [7, 11) is 0. The van der Waals surface area contributed by atoms with E-state index in [1.165, 1.54) is 0 Å². The van der Waals surface area contributed by atoms with E-state index in [0.717, 1.165) is 11.1 Å². The van der Waals surface area contributed by atoms with Gasteiger partial charge in [-0.2, -0.15) is 0 Å². The van der Waals surface area contributed by atoms with Crippen LogP contribution >= 0.6 is 0 Å². The van der Waals surface area contributed by atoms with E-state index in [-0.39, 0.29) is 6.61 Å². The van der Waals surface area contributed by atoms with Crippen molar-refractivity contribution in [2.24, 2.45) is 0 Å². The van der Waals surface area contributed by atoms with Crippen molar-refractivity contribution < 1.29 is 10.2 Å². The van der Waals surface area contributed by atoms with Crippen molar-refractivity contribution in [3.8, 4) is 0 Å². The van der Waals surface area contributed by atoms with Crippen LogP contribution in [0.5, 0.6) is 0 Å². The molecule has 0 amide bonds. The number of rotatable bonds is 3. The molecule has 0 aliphatic carbocycles. The van der Waals surface area contributed by atoms with Crippen molar-refractivity contribution in [2.75, 3.05) is 0 Å². The van der Waals surface area contributed by atoms with Crippen molar-refractivity contribution in [1.82, 2.24) is 0 Å². The Hall–Kier alpha value is -0.860. The molecule has 1 aromatic carbocycles. The largest absolute Gasteiger partial charge is 0.392 e. The molecule has 0 fully saturated rings. The lowest BCUT2D eigenvalue weighted by atomic mass is 9.95. The van der Waals surface area contributed by atoms with Gasteiger partial charge in [0.1, 0.15) is 0 Å². The molecule has 0 atom stereocenters. The second-order valence-corrected chi connectivity index (χ2v) is 3.92. The molecule has 0 aliphatic heterocycles. The Morgan fingerprint density at radius 2 is 1.69 bits per heavy atom. The van der Waals surface area contributed by atoms with E-state index in [2.05, 4.69) is 0 Å². The molecule has 0 heterocycles. The van der Waals surface area contributed by atoms with Gasteiger partial charge < -0.3 is 10.2 Å². The van der Waals surface area contributed by atoms with E-state index in [1.807, 2.05) is 24.3 Å². The van der Waals surface area contributed by atoms with Gasteiger partial charge in [-0.3, -0.25) is 0 Å². The van der Waals surface area contributed by atoms with Gasteiger partial charge in [-0.05, 0) is 25.0 Å². The van der Waals surface area contributed by atoms with Crippen LogP contribution in [-0.2, 0) is 13.0 Å². The highest BCUT2D eigenvalue weighted by Gasteiger charge is 2.14. The summed E-state index contributed by atoms with van der Waals surface area (Å²) in [5, 5.41) is 18.6. The van der Waals surface area contributed by atoms with Gasteiger partial charge in [-0.15, -0.1) is 0 Å². The molecule has 2 heteroatoms. The van der Waals surface area contributed by atoms with Crippen LogP contribution in [-0.4, -0.2) is 15.8 Å². The predicted octanol–water partition coefficient (Wildman–Crippen LogP) is 1.49. The van der Waals surface area contributed by atoms with Crippen LogP contribution in [0.4, 0.5) is 0 Å². The van der Waals surface area contributed by atoms with Gasteiger partial charge in [-0.25, -0.2) is 0 Å². The second-order valence-electron chi connectivity index (χ2n) is 3.92. The van der Waals surface area contributed by atoms with E-state index < -0.39 is 5.60 Å². The average Bonchev–Trinajstić information content (AvgIpc) is 2.02. The van der Waals surface area contributed by atoms with Crippen molar-refractivity contribution in [2.45, 2.75) is 32.5 Å². The summed E-state index contributed by atoms with van der Waals surface area (Å²) >= 11 is 0. The standard InChI is InChI=1S/C11H16O2/c1-11(2,13)7-9-5-3-4-6-10(9)8-12/h3-6,12-13H,7-8H2,1-2H3. The molecule has 0 saturated carbocycles. The van der Waals surface area contributed by atoms with Gasteiger partial charge in [0.05, 0.1) is 12.2 Å². The molecule has 0 spiro atoms. The van der Waals surface area contributed by atoms with Gasteiger partial charge in [0.25, 0.3) is 0 Å². The fourth-order valence-corrected chi connectivity index (χ4v) is 1.35. The molecule has 0 aliphatic rings. The molecular weight excluding hydrogens is 164 g/mol. The summed E-state index contributed by atoms with van der Waals surface area (Å²) in [5.74, 6) is 0. The Morgan fingerprint density at radius 3 is 2.15 bits per heavy atom. The van der Waals surface area contributed by atoms with E-state index in [4.69, 9.17) is 5.11 Å². The van der Waals surface area contributed by atoms with E-state index in [1.54, 1.807) is 13.8 Å². The van der Waals surface area contributed by atoms with Crippen LogP contribution in [0.2, 0.25) is 0 Å². The third-order valence-corrected chi connectivity index (χ3v) is 1.91. The Balaban J connectivity index is 2.87. The highest BCUT2D eigenvalue weighted by Crippen LogP contribution is 2.16. The van der Waals surface area contributed by atoms with Gasteiger partial charge in [0.2, 0.25) is 0 Å². The maximum Gasteiger partial charge on any atom is 0.0684 e. The molecule has 1 aromatic rings. The number of hydrogen-bond acceptors (Lipinski definition) is 2. The first kappa shape index (κ1) is 10.2. The van der Waals surface area contributed by atoms with Crippen LogP contribution in [0.25, 0.3) is 0 Å². The minimum absolute atomic E-state index is 0.0340. The topological polar surface area (TPSA) is 40.5 Å². The quantitative estimate of drug-likeness (QED) is 0.740. The minimum Gasteiger partial charge on any atom is -0.392 e. The molecule has 0 saturated heterocycles. The molecular formula is C11H16O2. The van der Waals surface area contributed by atoms with E-state index in [0.29, 0.717) is 6.42 Å². The summed E-state index contributed by atoms with van der Waals surface area (Å²) < 4.78 is 0. The summed E-state index contributed by atoms with van der Waals surface area (Å²) in [4.78, 5) is 0. The molecule has 1 rings (SSSR count). The Morgan fingerprint density at radius 1 is 1.15 bits per heavy atom. The van der Waals surface area contributed by atoms with Crippen molar-refractivity contribution in [1.29, 1.82) is 0 Å². The van der Waals surface area contributed by atoms with Gasteiger partial charge >= 0.3 is 0 Å². The van der Waals surface area contributed by atoms with Crippen LogP contribution in [0, 0.1) is 0 Å². The molecule has 72 valence electrons. The maximum atomic E-state index is 9.61. The molecule has 2 N–H and O–H groups in total. The monoisotopic (exact) mass is 180 g/mol. The van der Waals surface area contributed by atoms with E-state index in [9.17, 15) is 5.11 Å². The Bertz CT molecular complexity index is 274. The zero-order chi connectivity index (χ0) is 9.90. The lowest BCUT2D eigenvalue weighted by Crippen LogP contribution is -2.22. The highest BCUT2D eigenvalue weighted by molar-refractivity contribution is 5.27. The zero-order valence-corrected chi connectivity index (χ0v) is 8.12. The number of benzene rings is 1. The minimum atomic E-state index is -0.717. The van der Waals surface area contributed by atoms with Gasteiger partial charge in [0, 0.05) is 6.42 Å². The maximum absolute atomic E-state index is 9.61. The summed E-state index contributed by atoms with van der Waals surface area (Å²) in [6.45, 7) is 3.56. The van der Waals surface area contributed by atoms with Crippen molar-refractivity contribution >= 4 is 0 Å². The molecule has 13 heavy (non-hydrogen) atoms. The predicted molar refractivity (Wildman–Crippen MR) is 52.4 cm³/mol. The normalized spacial score (nSPS) is 11.7. The smallest absolute Gasteiger partial charge is 0.0684 e. The van der Waals surface area contributed by atoms with Gasteiger partial charge in [0.15, 0.2) is 0 Å². The third-order valence-electron chi connectivity index (χ3n) is 1.91. The highest BCUT2D eigenvalue weighted by atomic mass is 16.3. The van der Waals surface area contributed by atoms with Crippen LogP contribution < -0.4 is 0 Å². The first-order chi connectivity index (χ1) is 6.03. The molecule has 0 bridgehead atoms. The Kier molecular flexibility index (Phi) is 3.07. The van der Waals surface area contributed by atoms with Crippen LogP contribution in [0.1, 0.15) is 25.0 Å². The first-order valence-corrected chi connectivity index (χ1v) is 4.43. The molecule has 0 radical (unpaired) electrons. The van der Waals surface area contributed by atoms with Crippen molar-refractivity contribution in [3.05, 3.63) is 35.4 Å². The Labute approximate surface area is 78.8 Å². The van der Waals surface area contributed by atoms with Gasteiger partial charge in [-0.1, -0.05) is 24.3 Å². The summed E-state index contributed by atoms with van der Waals surface area (Å²) in [6, 6.07) is 7.62. The number of aliphatic hydroxyl groups excluding tert-OH is 1.